The van der Waals surface area contributed by atoms with Gasteiger partial charge in [-0.1, -0.05) is 30.3 Å². The Hall–Kier alpha value is -4.32. The summed E-state index contributed by atoms with van der Waals surface area (Å²) in [5.74, 6) is -1.75. The molecule has 0 unspecified atom stereocenters. The minimum atomic E-state index is -0.500. The highest BCUT2D eigenvalue weighted by Gasteiger charge is 2.33. The van der Waals surface area contributed by atoms with Crippen LogP contribution in [0.2, 0.25) is 0 Å². The van der Waals surface area contributed by atoms with Crippen LogP contribution in [0.1, 0.15) is 31.1 Å². The van der Waals surface area contributed by atoms with Crippen molar-refractivity contribution < 1.29 is 18.8 Å². The molecule has 0 aliphatic carbocycles. The van der Waals surface area contributed by atoms with Gasteiger partial charge in [-0.05, 0) is 60.0 Å². The van der Waals surface area contributed by atoms with Crippen LogP contribution in [0.15, 0.2) is 84.9 Å². The highest BCUT2D eigenvalue weighted by Crippen LogP contribution is 2.33. The second kappa shape index (κ2) is 7.18. The fraction of sp³-hybridized carbons (Fsp3) is 0. The van der Waals surface area contributed by atoms with Gasteiger partial charge < -0.3 is 5.32 Å². The maximum absolute atomic E-state index is 13.3. The van der Waals surface area contributed by atoms with Crippen molar-refractivity contribution in [3.05, 3.63) is 107 Å². The Morgan fingerprint density at radius 3 is 2.00 bits per heavy atom. The Morgan fingerprint density at radius 2 is 1.39 bits per heavy atom. The van der Waals surface area contributed by atoms with Crippen LogP contribution >= 0.6 is 0 Å². The summed E-state index contributed by atoms with van der Waals surface area (Å²) in [6.07, 6.45) is 0. The Balaban J connectivity index is 1.44. The van der Waals surface area contributed by atoms with Crippen LogP contribution in [0.4, 0.5) is 15.8 Å². The van der Waals surface area contributed by atoms with Gasteiger partial charge >= 0.3 is 0 Å². The van der Waals surface area contributed by atoms with E-state index in [0.717, 1.165) is 16.4 Å². The number of carbonyl (C=O) groups excluding carboxylic acids is 3. The lowest BCUT2D eigenvalue weighted by molar-refractivity contribution is 0.0892. The maximum atomic E-state index is 13.3. The first-order chi connectivity index (χ1) is 15.0. The molecule has 0 radical (unpaired) electrons. The molecule has 31 heavy (non-hydrogen) atoms. The molecule has 1 aliphatic rings. The van der Waals surface area contributed by atoms with E-state index in [1.807, 2.05) is 12.1 Å². The maximum Gasteiger partial charge on any atom is 0.265 e. The summed E-state index contributed by atoms with van der Waals surface area (Å²) in [6, 6.07) is 22.5. The van der Waals surface area contributed by atoms with Crippen LogP contribution in [0.25, 0.3) is 10.8 Å². The minimum absolute atomic E-state index is 0.190. The first-order valence-corrected chi connectivity index (χ1v) is 9.60. The number of carbonyl (C=O) groups is 3. The smallest absolute Gasteiger partial charge is 0.265 e. The lowest BCUT2D eigenvalue weighted by Gasteiger charge is -2.27. The zero-order valence-electron chi connectivity index (χ0n) is 16.1. The predicted octanol–water partition coefficient (Wildman–Crippen LogP) is 5.03. The molecule has 0 atom stereocenters. The second-order valence-corrected chi connectivity index (χ2v) is 7.17. The summed E-state index contributed by atoms with van der Waals surface area (Å²) in [4.78, 5) is 39.6. The molecule has 0 saturated heterocycles. The number of amides is 3. The third kappa shape index (κ3) is 3.14. The summed E-state index contributed by atoms with van der Waals surface area (Å²) in [7, 11) is 0. The highest BCUT2D eigenvalue weighted by molar-refractivity contribution is 6.35. The van der Waals surface area contributed by atoms with E-state index in [4.69, 9.17) is 0 Å². The molecule has 1 N–H and O–H groups in total. The zero-order valence-corrected chi connectivity index (χ0v) is 16.1. The van der Waals surface area contributed by atoms with E-state index in [1.54, 1.807) is 48.5 Å². The van der Waals surface area contributed by atoms with Crippen LogP contribution < -0.4 is 10.2 Å². The Bertz CT molecular complexity index is 1330. The number of hydrogen-bond acceptors (Lipinski definition) is 3. The van der Waals surface area contributed by atoms with E-state index in [0.29, 0.717) is 27.9 Å². The molecule has 0 aromatic heterocycles. The molecule has 3 amide bonds. The predicted molar refractivity (Wildman–Crippen MR) is 116 cm³/mol. The molecular weight excluding hydrogens is 395 g/mol. The van der Waals surface area contributed by atoms with Crippen molar-refractivity contribution in [2.75, 3.05) is 10.2 Å². The number of hydrogen-bond donors (Lipinski definition) is 1. The molecule has 0 spiro atoms. The van der Waals surface area contributed by atoms with Gasteiger partial charge in [0.2, 0.25) is 0 Å². The van der Waals surface area contributed by atoms with Crippen molar-refractivity contribution in [3.63, 3.8) is 0 Å². The van der Waals surface area contributed by atoms with Gasteiger partial charge in [0.1, 0.15) is 5.82 Å². The molecule has 0 fully saturated rings. The van der Waals surface area contributed by atoms with Gasteiger partial charge in [0.05, 0.1) is 5.69 Å². The molecule has 1 aliphatic heterocycles. The van der Waals surface area contributed by atoms with E-state index in [-0.39, 0.29) is 5.56 Å². The quantitative estimate of drug-likeness (QED) is 0.482. The average Bonchev–Trinajstić information content (AvgIpc) is 2.78. The molecule has 1 heterocycles. The van der Waals surface area contributed by atoms with E-state index in [2.05, 4.69) is 5.32 Å². The molecule has 150 valence electrons. The molecule has 6 heteroatoms. The first kappa shape index (κ1) is 18.7. The molecule has 4 aromatic carbocycles. The van der Waals surface area contributed by atoms with Crippen molar-refractivity contribution >= 4 is 39.9 Å². The largest absolute Gasteiger partial charge is 0.322 e. The van der Waals surface area contributed by atoms with Crippen LogP contribution in [0.3, 0.4) is 0 Å². The zero-order chi connectivity index (χ0) is 21.5. The highest BCUT2D eigenvalue weighted by atomic mass is 19.1. The van der Waals surface area contributed by atoms with Crippen molar-refractivity contribution in [1.29, 1.82) is 0 Å². The molecular formula is C25H15FN2O3. The minimum Gasteiger partial charge on any atom is -0.322 e. The number of imide groups is 1. The van der Waals surface area contributed by atoms with E-state index in [1.165, 1.54) is 18.2 Å². The Labute approximate surface area is 176 Å². The first-order valence-electron chi connectivity index (χ1n) is 9.60. The van der Waals surface area contributed by atoms with Crippen LogP contribution in [-0.4, -0.2) is 17.7 Å². The molecule has 5 rings (SSSR count). The standard InChI is InChI=1S/C25H15FN2O3/c26-17-7-1-6-16(14-17)23(29)27-18-10-12-19(13-11-18)28-24(30)20-8-2-4-15-5-3-9-21(22(15)20)25(28)31/h1-14H,(H,27,29). The fourth-order valence-corrected chi connectivity index (χ4v) is 3.79. The second-order valence-electron chi connectivity index (χ2n) is 7.17. The molecule has 5 nitrogen and oxygen atoms in total. The molecule has 4 aromatic rings. The van der Waals surface area contributed by atoms with Crippen molar-refractivity contribution in [1.82, 2.24) is 0 Å². The number of nitrogens with zero attached hydrogens (tertiary/aromatic N) is 1. The van der Waals surface area contributed by atoms with Gasteiger partial charge in [-0.2, -0.15) is 0 Å². The summed E-state index contributed by atoms with van der Waals surface area (Å²) >= 11 is 0. The van der Waals surface area contributed by atoms with Crippen LogP contribution in [-0.2, 0) is 0 Å². The number of halogens is 1. The third-order valence-electron chi connectivity index (χ3n) is 5.24. The monoisotopic (exact) mass is 410 g/mol. The van der Waals surface area contributed by atoms with Gasteiger partial charge in [-0.25, -0.2) is 9.29 Å². The van der Waals surface area contributed by atoms with Crippen LogP contribution in [0, 0.1) is 5.82 Å². The summed E-state index contributed by atoms with van der Waals surface area (Å²) in [6.45, 7) is 0. The topological polar surface area (TPSA) is 66.5 Å². The SMILES string of the molecule is O=C(Nc1ccc(N2C(=O)c3cccc4cccc(c34)C2=O)cc1)c1cccc(F)c1. The molecule has 0 saturated carbocycles. The van der Waals surface area contributed by atoms with Gasteiger partial charge in [-0.15, -0.1) is 0 Å². The van der Waals surface area contributed by atoms with Gasteiger partial charge in [-0.3, -0.25) is 14.4 Å². The number of anilines is 2. The number of benzene rings is 4. The van der Waals surface area contributed by atoms with Crippen LogP contribution in [0.5, 0.6) is 0 Å². The Kier molecular flexibility index (Phi) is 4.33. The van der Waals surface area contributed by atoms with Crippen molar-refractivity contribution in [2.24, 2.45) is 0 Å². The summed E-state index contributed by atoms with van der Waals surface area (Å²) < 4.78 is 13.3. The van der Waals surface area contributed by atoms with Crippen molar-refractivity contribution in [3.8, 4) is 0 Å². The number of rotatable bonds is 3. The van der Waals surface area contributed by atoms with E-state index >= 15 is 0 Å². The van der Waals surface area contributed by atoms with Crippen molar-refractivity contribution in [2.45, 2.75) is 0 Å². The average molecular weight is 410 g/mol. The Morgan fingerprint density at radius 1 is 0.774 bits per heavy atom. The lowest BCUT2D eigenvalue weighted by atomic mass is 9.94. The van der Waals surface area contributed by atoms with Gasteiger partial charge in [0, 0.05) is 27.8 Å². The number of nitrogens with one attached hydrogen (secondary N) is 1. The molecule has 0 bridgehead atoms. The fourth-order valence-electron chi connectivity index (χ4n) is 3.79. The normalized spacial score (nSPS) is 12.9. The van der Waals surface area contributed by atoms with E-state index in [9.17, 15) is 18.8 Å². The third-order valence-corrected chi connectivity index (χ3v) is 5.24. The lowest BCUT2D eigenvalue weighted by Crippen LogP contribution is -2.40. The summed E-state index contributed by atoms with van der Waals surface area (Å²) in [5, 5.41) is 4.18. The summed E-state index contributed by atoms with van der Waals surface area (Å²) in [5.41, 5.74) is 1.98. The van der Waals surface area contributed by atoms with Gasteiger partial charge in [0.15, 0.2) is 0 Å². The van der Waals surface area contributed by atoms with Gasteiger partial charge in [0.25, 0.3) is 17.7 Å². The van der Waals surface area contributed by atoms with E-state index < -0.39 is 23.5 Å².